The maximum Gasteiger partial charge on any atom is 0.310 e. The van der Waals surface area contributed by atoms with E-state index in [9.17, 15) is 4.79 Å². The molecule has 0 bridgehead atoms. The molecule has 0 aromatic carbocycles. The van der Waals surface area contributed by atoms with E-state index in [2.05, 4.69) is 0 Å². The Bertz CT molecular complexity index is 251. The Balaban J connectivity index is 1.84. The minimum Gasteiger partial charge on any atom is -0.462 e. The third-order valence-corrected chi connectivity index (χ3v) is 3.82. The number of nitrogens with two attached hydrogens (primary N) is 1. The highest BCUT2D eigenvalue weighted by Gasteiger charge is 2.30. The molecule has 2 rings (SSSR count). The molecule has 1 saturated heterocycles. The van der Waals surface area contributed by atoms with E-state index in [1.54, 1.807) is 0 Å². The van der Waals surface area contributed by atoms with Gasteiger partial charge in [-0.1, -0.05) is 19.3 Å². The van der Waals surface area contributed by atoms with Crippen LogP contribution in [0.25, 0.3) is 0 Å². The lowest BCUT2D eigenvalue weighted by Gasteiger charge is -2.26. The summed E-state index contributed by atoms with van der Waals surface area (Å²) in [7, 11) is 0. The van der Waals surface area contributed by atoms with Crippen molar-refractivity contribution < 1.29 is 14.3 Å². The van der Waals surface area contributed by atoms with Gasteiger partial charge in [0.25, 0.3) is 0 Å². The third-order valence-electron chi connectivity index (χ3n) is 3.82. The Morgan fingerprint density at radius 1 is 1.06 bits per heavy atom. The highest BCUT2D eigenvalue weighted by Crippen LogP contribution is 2.24. The van der Waals surface area contributed by atoms with Crippen molar-refractivity contribution >= 4 is 5.97 Å². The molecule has 1 saturated carbocycles. The van der Waals surface area contributed by atoms with Crippen molar-refractivity contribution in [2.75, 3.05) is 13.2 Å². The molecule has 17 heavy (non-hydrogen) atoms. The van der Waals surface area contributed by atoms with Gasteiger partial charge in [0.1, 0.15) is 6.10 Å². The minimum absolute atomic E-state index is 0.00941. The molecule has 0 aromatic heterocycles. The van der Waals surface area contributed by atoms with Crippen LogP contribution in [0.5, 0.6) is 0 Å². The SMILES string of the molecule is NC1CCCCCC1C(=O)OC1CCOCC1. The van der Waals surface area contributed by atoms with Crippen LogP contribution >= 0.6 is 0 Å². The van der Waals surface area contributed by atoms with Gasteiger partial charge in [0, 0.05) is 18.9 Å². The average Bonchev–Trinajstić information content (AvgIpc) is 2.55. The van der Waals surface area contributed by atoms with Crippen molar-refractivity contribution in [3.05, 3.63) is 0 Å². The van der Waals surface area contributed by atoms with Gasteiger partial charge < -0.3 is 15.2 Å². The highest BCUT2D eigenvalue weighted by atomic mass is 16.6. The molecule has 4 heteroatoms. The number of carbonyl (C=O) groups excluding carboxylic acids is 1. The van der Waals surface area contributed by atoms with Gasteiger partial charge in [-0.25, -0.2) is 0 Å². The summed E-state index contributed by atoms with van der Waals surface area (Å²) in [4.78, 5) is 12.1. The first kappa shape index (κ1) is 12.8. The van der Waals surface area contributed by atoms with E-state index < -0.39 is 0 Å². The molecule has 2 fully saturated rings. The van der Waals surface area contributed by atoms with Gasteiger partial charge in [-0.2, -0.15) is 0 Å². The summed E-state index contributed by atoms with van der Waals surface area (Å²) in [6.45, 7) is 1.41. The van der Waals surface area contributed by atoms with Crippen LogP contribution < -0.4 is 5.73 Å². The van der Waals surface area contributed by atoms with Crippen molar-refractivity contribution in [2.45, 2.75) is 57.1 Å². The van der Waals surface area contributed by atoms with Crippen LogP contribution in [0.1, 0.15) is 44.9 Å². The molecule has 98 valence electrons. The first-order valence-corrected chi connectivity index (χ1v) is 6.81. The van der Waals surface area contributed by atoms with E-state index in [-0.39, 0.29) is 24.0 Å². The number of esters is 1. The Labute approximate surface area is 103 Å². The smallest absolute Gasteiger partial charge is 0.310 e. The lowest BCUT2D eigenvalue weighted by Crippen LogP contribution is -2.38. The monoisotopic (exact) mass is 241 g/mol. The summed E-state index contributed by atoms with van der Waals surface area (Å²) in [5.41, 5.74) is 6.06. The summed E-state index contributed by atoms with van der Waals surface area (Å²) in [6, 6.07) is -0.00941. The number of carbonyl (C=O) groups is 1. The molecule has 2 N–H and O–H groups in total. The van der Waals surface area contributed by atoms with Gasteiger partial charge in [0.2, 0.25) is 0 Å². The molecule has 2 aliphatic rings. The third kappa shape index (κ3) is 3.68. The van der Waals surface area contributed by atoms with Crippen LogP contribution in [0, 0.1) is 5.92 Å². The van der Waals surface area contributed by atoms with Crippen molar-refractivity contribution in [1.29, 1.82) is 0 Å². The molecule has 2 atom stereocenters. The predicted octanol–water partition coefficient (Wildman–Crippen LogP) is 1.62. The summed E-state index contributed by atoms with van der Waals surface area (Å²) in [5, 5.41) is 0. The van der Waals surface area contributed by atoms with E-state index in [0.29, 0.717) is 13.2 Å². The summed E-state index contributed by atoms with van der Waals surface area (Å²) < 4.78 is 10.8. The Morgan fingerprint density at radius 2 is 1.76 bits per heavy atom. The van der Waals surface area contributed by atoms with Crippen LogP contribution in [-0.4, -0.2) is 31.3 Å². The number of hydrogen-bond donors (Lipinski definition) is 1. The molecular formula is C13H23NO3. The van der Waals surface area contributed by atoms with Gasteiger partial charge in [0.15, 0.2) is 0 Å². The molecule has 4 nitrogen and oxygen atoms in total. The summed E-state index contributed by atoms with van der Waals surface area (Å²) in [5.74, 6) is -0.161. The van der Waals surface area contributed by atoms with Crippen molar-refractivity contribution in [3.63, 3.8) is 0 Å². The van der Waals surface area contributed by atoms with E-state index in [0.717, 1.165) is 38.5 Å². The van der Waals surface area contributed by atoms with E-state index in [1.807, 2.05) is 0 Å². The van der Waals surface area contributed by atoms with Crippen LogP contribution in [0.3, 0.4) is 0 Å². The number of ether oxygens (including phenoxy) is 2. The molecule has 0 amide bonds. The lowest BCUT2D eigenvalue weighted by atomic mass is 9.95. The molecule has 1 heterocycles. The molecule has 2 unspecified atom stereocenters. The molecule has 1 aliphatic carbocycles. The van der Waals surface area contributed by atoms with Gasteiger partial charge in [-0.15, -0.1) is 0 Å². The van der Waals surface area contributed by atoms with E-state index in [4.69, 9.17) is 15.2 Å². The van der Waals surface area contributed by atoms with Gasteiger partial charge in [0.05, 0.1) is 19.1 Å². The first-order valence-electron chi connectivity index (χ1n) is 6.81. The number of rotatable bonds is 2. The first-order chi connectivity index (χ1) is 8.27. The average molecular weight is 241 g/mol. The maximum atomic E-state index is 12.1. The molecule has 0 radical (unpaired) electrons. The zero-order valence-electron chi connectivity index (χ0n) is 10.4. The lowest BCUT2D eigenvalue weighted by molar-refractivity contribution is -0.159. The standard InChI is InChI=1S/C13H23NO3/c14-12-5-3-1-2-4-11(12)13(15)17-10-6-8-16-9-7-10/h10-12H,1-9,14H2. The van der Waals surface area contributed by atoms with Crippen molar-refractivity contribution in [3.8, 4) is 0 Å². The van der Waals surface area contributed by atoms with Crippen LogP contribution in [0.4, 0.5) is 0 Å². The topological polar surface area (TPSA) is 61.6 Å². The Morgan fingerprint density at radius 3 is 2.53 bits per heavy atom. The minimum atomic E-state index is -0.0830. The second-order valence-electron chi connectivity index (χ2n) is 5.16. The van der Waals surface area contributed by atoms with Crippen molar-refractivity contribution in [1.82, 2.24) is 0 Å². The summed E-state index contributed by atoms with van der Waals surface area (Å²) >= 11 is 0. The maximum absolute atomic E-state index is 12.1. The fourth-order valence-corrected chi connectivity index (χ4v) is 2.67. The highest BCUT2D eigenvalue weighted by molar-refractivity contribution is 5.73. The van der Waals surface area contributed by atoms with Crippen LogP contribution in [0.2, 0.25) is 0 Å². The van der Waals surface area contributed by atoms with Gasteiger partial charge in [-0.05, 0) is 12.8 Å². The predicted molar refractivity (Wildman–Crippen MR) is 64.5 cm³/mol. The second-order valence-corrected chi connectivity index (χ2v) is 5.16. The van der Waals surface area contributed by atoms with Crippen molar-refractivity contribution in [2.24, 2.45) is 11.7 Å². The largest absolute Gasteiger partial charge is 0.462 e. The molecule has 0 aromatic rings. The fourth-order valence-electron chi connectivity index (χ4n) is 2.67. The van der Waals surface area contributed by atoms with Crippen LogP contribution in [-0.2, 0) is 14.3 Å². The molecular weight excluding hydrogens is 218 g/mol. The van der Waals surface area contributed by atoms with E-state index in [1.165, 1.54) is 6.42 Å². The Kier molecular flexibility index (Phi) is 4.80. The quantitative estimate of drug-likeness (QED) is 0.589. The zero-order valence-corrected chi connectivity index (χ0v) is 10.4. The van der Waals surface area contributed by atoms with Crippen LogP contribution in [0.15, 0.2) is 0 Å². The normalized spacial score (nSPS) is 31.8. The summed E-state index contributed by atoms with van der Waals surface area (Å²) in [6.07, 6.45) is 6.97. The number of hydrogen-bond acceptors (Lipinski definition) is 4. The van der Waals surface area contributed by atoms with E-state index >= 15 is 0 Å². The zero-order chi connectivity index (χ0) is 12.1. The molecule has 0 spiro atoms. The van der Waals surface area contributed by atoms with Gasteiger partial charge in [-0.3, -0.25) is 4.79 Å². The Hall–Kier alpha value is -0.610. The molecule has 1 aliphatic heterocycles. The van der Waals surface area contributed by atoms with Gasteiger partial charge >= 0.3 is 5.97 Å². The second kappa shape index (κ2) is 6.36. The fraction of sp³-hybridized carbons (Fsp3) is 0.923.